The molecule has 1 heterocycles. The molecule has 0 fully saturated rings. The van der Waals surface area contributed by atoms with E-state index in [9.17, 15) is 9.90 Å². The average Bonchev–Trinajstić information content (AvgIpc) is 2.85. The third-order valence-electron chi connectivity index (χ3n) is 3.42. The number of aryl methyl sites for hydroxylation is 1. The van der Waals surface area contributed by atoms with Gasteiger partial charge in [-0.15, -0.1) is 11.3 Å². The minimum Gasteiger partial charge on any atom is -0.481 e. The maximum absolute atomic E-state index is 11.3. The van der Waals surface area contributed by atoms with Crippen molar-refractivity contribution in [3.63, 3.8) is 0 Å². The zero-order valence-corrected chi connectivity index (χ0v) is 13.6. The van der Waals surface area contributed by atoms with E-state index in [2.05, 4.69) is 20.9 Å². The second-order valence-electron chi connectivity index (χ2n) is 4.74. The number of rotatable bonds is 2. The van der Waals surface area contributed by atoms with Crippen molar-refractivity contribution >= 4 is 44.8 Å². The number of benzene rings is 1. The molecule has 104 valence electrons. The van der Waals surface area contributed by atoms with E-state index in [1.54, 1.807) is 11.3 Å². The quantitative estimate of drug-likeness (QED) is 0.829. The van der Waals surface area contributed by atoms with Crippen LogP contribution in [0.25, 0.3) is 10.6 Å². The zero-order chi connectivity index (χ0) is 14.3. The maximum Gasteiger partial charge on any atom is 0.312 e. The number of carboxylic acid groups (broad SMARTS) is 1. The van der Waals surface area contributed by atoms with Gasteiger partial charge in [0.15, 0.2) is 0 Å². The summed E-state index contributed by atoms with van der Waals surface area (Å²) in [7, 11) is 0. The Kier molecular flexibility index (Phi) is 3.84. The summed E-state index contributed by atoms with van der Waals surface area (Å²) in [5.41, 5.74) is 1.71. The Morgan fingerprint density at radius 2 is 2.30 bits per heavy atom. The molecule has 1 unspecified atom stereocenters. The van der Waals surface area contributed by atoms with Crippen molar-refractivity contribution in [2.45, 2.75) is 25.2 Å². The van der Waals surface area contributed by atoms with Crippen LogP contribution in [0.3, 0.4) is 0 Å². The van der Waals surface area contributed by atoms with E-state index in [1.165, 1.54) is 0 Å². The lowest BCUT2D eigenvalue weighted by Gasteiger charge is -2.16. The van der Waals surface area contributed by atoms with Gasteiger partial charge >= 0.3 is 5.97 Å². The summed E-state index contributed by atoms with van der Waals surface area (Å²) in [6, 6.07) is 5.64. The predicted molar refractivity (Wildman–Crippen MR) is 83.6 cm³/mol. The first-order valence-electron chi connectivity index (χ1n) is 6.24. The van der Waals surface area contributed by atoms with Gasteiger partial charge in [-0.2, -0.15) is 0 Å². The Labute approximate surface area is 133 Å². The molecular formula is C14H11BrClNO2S. The average molecular weight is 373 g/mol. The number of carboxylic acids is 1. The number of aromatic nitrogens is 1. The van der Waals surface area contributed by atoms with Gasteiger partial charge in [0.2, 0.25) is 0 Å². The molecule has 1 aromatic carbocycles. The lowest BCUT2D eigenvalue weighted by molar-refractivity contribution is -0.139. The molecule has 1 aliphatic carbocycles. The van der Waals surface area contributed by atoms with E-state index in [-0.39, 0.29) is 0 Å². The molecule has 20 heavy (non-hydrogen) atoms. The molecule has 0 radical (unpaired) electrons. The fourth-order valence-electron chi connectivity index (χ4n) is 2.41. The van der Waals surface area contributed by atoms with Crippen molar-refractivity contribution in [3.05, 3.63) is 38.3 Å². The van der Waals surface area contributed by atoms with Crippen molar-refractivity contribution in [2.75, 3.05) is 0 Å². The van der Waals surface area contributed by atoms with E-state index < -0.39 is 11.9 Å². The molecule has 3 nitrogen and oxygen atoms in total. The normalized spacial score (nSPS) is 17.8. The van der Waals surface area contributed by atoms with E-state index in [0.717, 1.165) is 38.5 Å². The SMILES string of the molecule is O=C(O)C1CCCc2sc(-c3ccc(Cl)c(Br)c3)nc21. The highest BCUT2D eigenvalue weighted by Crippen LogP contribution is 2.39. The summed E-state index contributed by atoms with van der Waals surface area (Å²) in [6.45, 7) is 0. The summed E-state index contributed by atoms with van der Waals surface area (Å²) in [6.07, 6.45) is 2.51. The second kappa shape index (κ2) is 5.47. The van der Waals surface area contributed by atoms with Gasteiger partial charge in [-0.3, -0.25) is 4.79 Å². The van der Waals surface area contributed by atoms with Crippen LogP contribution in [0.2, 0.25) is 5.02 Å². The Morgan fingerprint density at radius 1 is 1.50 bits per heavy atom. The number of carbonyl (C=O) groups is 1. The monoisotopic (exact) mass is 371 g/mol. The molecule has 1 aliphatic rings. The Bertz CT molecular complexity index is 686. The Balaban J connectivity index is 2.04. The molecule has 0 spiro atoms. The van der Waals surface area contributed by atoms with Gasteiger partial charge < -0.3 is 5.11 Å². The summed E-state index contributed by atoms with van der Waals surface area (Å²) in [5.74, 6) is -1.24. The van der Waals surface area contributed by atoms with Gasteiger partial charge in [0.05, 0.1) is 16.6 Å². The first-order chi connectivity index (χ1) is 9.56. The largest absolute Gasteiger partial charge is 0.481 e. The second-order valence-corrected chi connectivity index (χ2v) is 7.08. The van der Waals surface area contributed by atoms with Crippen LogP contribution >= 0.6 is 38.9 Å². The topological polar surface area (TPSA) is 50.2 Å². The lowest BCUT2D eigenvalue weighted by Crippen LogP contribution is -2.17. The molecule has 2 aromatic rings. The van der Waals surface area contributed by atoms with Crippen molar-refractivity contribution in [1.82, 2.24) is 4.98 Å². The van der Waals surface area contributed by atoms with E-state index in [1.807, 2.05) is 18.2 Å². The summed E-state index contributed by atoms with van der Waals surface area (Å²) in [5, 5.41) is 10.8. The predicted octanol–water partition coefficient (Wildman–Crippen LogP) is 4.73. The van der Waals surface area contributed by atoms with Crippen LogP contribution in [0, 0.1) is 0 Å². The fraction of sp³-hybridized carbons (Fsp3) is 0.286. The summed E-state index contributed by atoms with van der Waals surface area (Å²) in [4.78, 5) is 17.0. The van der Waals surface area contributed by atoms with Crippen LogP contribution in [-0.4, -0.2) is 16.1 Å². The van der Waals surface area contributed by atoms with E-state index in [0.29, 0.717) is 11.4 Å². The summed E-state index contributed by atoms with van der Waals surface area (Å²) < 4.78 is 0.819. The van der Waals surface area contributed by atoms with Crippen molar-refractivity contribution in [1.29, 1.82) is 0 Å². The van der Waals surface area contributed by atoms with Crippen LogP contribution in [0.4, 0.5) is 0 Å². The van der Waals surface area contributed by atoms with Crippen molar-refractivity contribution in [2.24, 2.45) is 0 Å². The minimum atomic E-state index is -0.778. The number of aliphatic carboxylic acids is 1. The molecular weight excluding hydrogens is 362 g/mol. The third-order valence-corrected chi connectivity index (χ3v) is 5.81. The number of hydrogen-bond acceptors (Lipinski definition) is 3. The van der Waals surface area contributed by atoms with Crippen molar-refractivity contribution < 1.29 is 9.90 Å². The van der Waals surface area contributed by atoms with Crippen LogP contribution in [0.5, 0.6) is 0 Å². The van der Waals surface area contributed by atoms with Gasteiger partial charge in [0.25, 0.3) is 0 Å². The third kappa shape index (κ3) is 2.50. The molecule has 0 aliphatic heterocycles. The Morgan fingerprint density at radius 3 is 3.00 bits per heavy atom. The minimum absolute atomic E-state index is 0.459. The van der Waals surface area contributed by atoms with Crippen LogP contribution < -0.4 is 0 Å². The zero-order valence-electron chi connectivity index (χ0n) is 10.4. The van der Waals surface area contributed by atoms with E-state index >= 15 is 0 Å². The Hall–Kier alpha value is -0.910. The molecule has 0 bridgehead atoms. The number of halogens is 2. The number of thiazole rings is 1. The first-order valence-corrected chi connectivity index (χ1v) is 8.23. The highest BCUT2D eigenvalue weighted by molar-refractivity contribution is 9.10. The molecule has 1 atom stereocenters. The molecule has 1 N–H and O–H groups in total. The van der Waals surface area contributed by atoms with Gasteiger partial charge in [0.1, 0.15) is 5.01 Å². The smallest absolute Gasteiger partial charge is 0.312 e. The first kappa shape index (κ1) is 14.0. The summed E-state index contributed by atoms with van der Waals surface area (Å²) >= 11 is 11.0. The lowest BCUT2D eigenvalue weighted by atomic mass is 9.91. The number of hydrogen-bond donors (Lipinski definition) is 1. The van der Waals surface area contributed by atoms with Crippen LogP contribution in [0.15, 0.2) is 22.7 Å². The van der Waals surface area contributed by atoms with Gasteiger partial charge in [0, 0.05) is 14.9 Å². The molecule has 0 saturated heterocycles. The number of fused-ring (bicyclic) bond motifs is 1. The fourth-order valence-corrected chi connectivity index (χ4v) is 4.07. The van der Waals surface area contributed by atoms with Crippen molar-refractivity contribution in [3.8, 4) is 10.6 Å². The van der Waals surface area contributed by atoms with Gasteiger partial charge in [-0.1, -0.05) is 17.7 Å². The maximum atomic E-state index is 11.3. The van der Waals surface area contributed by atoms with Crippen LogP contribution in [0.1, 0.15) is 29.3 Å². The molecule has 3 rings (SSSR count). The molecule has 0 amide bonds. The van der Waals surface area contributed by atoms with Crippen LogP contribution in [-0.2, 0) is 11.2 Å². The van der Waals surface area contributed by atoms with E-state index in [4.69, 9.17) is 11.6 Å². The standard InChI is InChI=1S/C14H11BrClNO2S/c15-9-6-7(4-5-10(9)16)13-17-12-8(14(18)19)2-1-3-11(12)20-13/h4-6,8H,1-3H2,(H,18,19). The molecule has 1 aromatic heterocycles. The highest BCUT2D eigenvalue weighted by atomic mass is 79.9. The number of nitrogens with zero attached hydrogens (tertiary/aromatic N) is 1. The van der Waals surface area contributed by atoms with Gasteiger partial charge in [-0.05, 0) is 47.3 Å². The molecule has 0 saturated carbocycles. The molecule has 6 heteroatoms. The highest BCUT2D eigenvalue weighted by Gasteiger charge is 2.30. The van der Waals surface area contributed by atoms with Gasteiger partial charge in [-0.25, -0.2) is 4.98 Å².